The van der Waals surface area contributed by atoms with E-state index in [0.29, 0.717) is 50.8 Å². The number of phenols is 2. The summed E-state index contributed by atoms with van der Waals surface area (Å²) < 4.78 is 87.8. The molecule has 0 aliphatic rings. The minimum atomic E-state index is -2.58. The zero-order valence-electron chi connectivity index (χ0n) is 86.3. The molecule has 0 bridgehead atoms. The monoisotopic (exact) mass is 2050 g/mol. The third-order valence-corrected chi connectivity index (χ3v) is 23.9. The quantitative estimate of drug-likeness (QED) is 0.105. The summed E-state index contributed by atoms with van der Waals surface area (Å²) >= 11 is 0. The number of aromatic hydroxyl groups is 2. The van der Waals surface area contributed by atoms with Crippen LogP contribution >= 0.6 is 0 Å². The number of phenolic OH excluding ortho intramolecular Hbond substituents is 2. The first-order chi connectivity index (χ1) is 63.8. The molecule has 128 heavy (non-hydrogen) atoms. The zero-order chi connectivity index (χ0) is 97.8. The van der Waals surface area contributed by atoms with Gasteiger partial charge in [-0.3, -0.25) is 19.1 Å². The predicted molar refractivity (Wildman–Crippen MR) is 530 cm³/mol. The number of aromatic nitrogens is 6. The molecule has 10 heteroatoms. The van der Waals surface area contributed by atoms with E-state index in [0.717, 1.165) is 156 Å². The maximum Gasteiger partial charge on any atom is 0.148 e. The second-order valence-corrected chi connectivity index (χ2v) is 38.9. The molecule has 8 nitrogen and oxygen atoms in total. The summed E-state index contributed by atoms with van der Waals surface area (Å²) in [6.45, 7) is 33.0. The van der Waals surface area contributed by atoms with Gasteiger partial charge in [-0.25, -0.2) is 9.97 Å². The minimum Gasteiger partial charge on any atom is -0.507 e. The maximum atomic E-state index is 12.4. The van der Waals surface area contributed by atoms with E-state index in [1.807, 2.05) is 171 Å². The van der Waals surface area contributed by atoms with Crippen LogP contribution in [0, 0.1) is 46.5 Å². The molecule has 17 rings (SSSR count). The van der Waals surface area contributed by atoms with Crippen LogP contribution in [0.25, 0.3) is 157 Å². The molecule has 17 aromatic rings. The first-order valence-corrected chi connectivity index (χ1v) is 43.3. The summed E-state index contributed by atoms with van der Waals surface area (Å²) in [5.41, 5.74) is 27.7. The van der Waals surface area contributed by atoms with Gasteiger partial charge in [-0.05, 0) is 206 Å². The Morgan fingerprint density at radius 2 is 0.750 bits per heavy atom. The average Bonchev–Trinajstić information content (AvgIpc) is 1.56. The van der Waals surface area contributed by atoms with E-state index in [9.17, 15) is 14.3 Å². The first kappa shape index (κ1) is 79.5. The Bertz CT molecular complexity index is 7440. The maximum absolute atomic E-state index is 12.4. The summed E-state index contributed by atoms with van der Waals surface area (Å²) in [6.07, 6.45) is 3.54. The molecule has 4 heterocycles. The smallest absolute Gasteiger partial charge is 0.148 e. The van der Waals surface area contributed by atoms with Crippen molar-refractivity contribution in [2.24, 2.45) is 0 Å². The predicted octanol–water partition coefficient (Wildman–Crippen LogP) is 31.3. The molecule has 0 spiro atoms. The molecule has 0 aliphatic heterocycles. The van der Waals surface area contributed by atoms with Crippen LogP contribution in [-0.2, 0) is 69.2 Å². The summed E-state index contributed by atoms with van der Waals surface area (Å²) in [4.78, 5) is 20.7. The Morgan fingerprint density at radius 1 is 0.336 bits per heavy atom. The van der Waals surface area contributed by atoms with Crippen LogP contribution in [0.1, 0.15) is 199 Å². The second-order valence-electron chi connectivity index (χ2n) is 38.9. The molecule has 0 unspecified atom stereocenters. The van der Waals surface area contributed by atoms with Gasteiger partial charge in [0.2, 0.25) is 0 Å². The van der Waals surface area contributed by atoms with Crippen LogP contribution in [0.5, 0.6) is 11.5 Å². The van der Waals surface area contributed by atoms with E-state index >= 15 is 0 Å². The van der Waals surface area contributed by atoms with E-state index in [-0.39, 0.29) is 86.4 Å². The second kappa shape index (κ2) is 36.3. The van der Waals surface area contributed by atoms with Gasteiger partial charge in [0.25, 0.3) is 0 Å². The van der Waals surface area contributed by atoms with Crippen molar-refractivity contribution in [3.8, 4) is 146 Å². The summed E-state index contributed by atoms with van der Waals surface area (Å²) in [7, 11) is 0. The largest absolute Gasteiger partial charge is 0.507 e. The van der Waals surface area contributed by atoms with E-state index in [2.05, 4.69) is 231 Å². The number of pyridine rings is 2. The number of fused-ring (bicyclic) bond motifs is 2. The van der Waals surface area contributed by atoms with Crippen LogP contribution in [-0.4, -0.2) is 39.3 Å². The van der Waals surface area contributed by atoms with Crippen molar-refractivity contribution in [1.29, 1.82) is 0 Å². The molecule has 652 valence electrons. The van der Waals surface area contributed by atoms with E-state index in [1.54, 1.807) is 36.7 Å². The number of imidazole rings is 2. The fourth-order valence-corrected chi connectivity index (χ4v) is 17.1. The van der Waals surface area contributed by atoms with Gasteiger partial charge in [0.15, 0.2) is 0 Å². The number of nitrogens with zero attached hydrogens (tertiary/aromatic N) is 6. The van der Waals surface area contributed by atoms with Crippen molar-refractivity contribution in [3.05, 3.63) is 359 Å². The fraction of sp³-hybridized carbons (Fsp3) is 0.237. The molecule has 2 N–H and O–H groups in total. The number of para-hydroxylation sites is 2. The van der Waals surface area contributed by atoms with Crippen LogP contribution < -0.4 is 0 Å². The summed E-state index contributed by atoms with van der Waals surface area (Å²) in [5.74, 6) is 0.440. The van der Waals surface area contributed by atoms with Gasteiger partial charge >= 0.3 is 0 Å². The first-order valence-electron chi connectivity index (χ1n) is 48.3. The van der Waals surface area contributed by atoms with E-state index in [1.165, 1.54) is 0 Å². The van der Waals surface area contributed by atoms with Crippen molar-refractivity contribution in [3.63, 3.8) is 0 Å². The number of aryl methyl sites for hydroxylation is 5. The van der Waals surface area contributed by atoms with E-state index < -0.39 is 31.9 Å². The number of rotatable bonds is 14. The Kier molecular flexibility index (Phi) is 22.5. The Labute approximate surface area is 801 Å². The molecule has 13 aromatic carbocycles. The number of benzene rings is 13. The van der Waals surface area contributed by atoms with Crippen molar-refractivity contribution in [1.82, 2.24) is 29.1 Å². The van der Waals surface area contributed by atoms with Crippen LogP contribution in [0.4, 0.5) is 0 Å². The van der Waals surface area contributed by atoms with Gasteiger partial charge < -0.3 is 10.2 Å². The van der Waals surface area contributed by atoms with Crippen LogP contribution in [0.15, 0.2) is 285 Å². The molecule has 0 amide bonds. The van der Waals surface area contributed by atoms with E-state index in [4.69, 9.17) is 29.5 Å². The fourth-order valence-electron chi connectivity index (χ4n) is 17.1. The Hall–Kier alpha value is -11.9. The minimum absolute atomic E-state index is 0. The van der Waals surface area contributed by atoms with Gasteiger partial charge in [0, 0.05) is 96.3 Å². The molecule has 0 aliphatic carbocycles. The van der Waals surface area contributed by atoms with Crippen molar-refractivity contribution >= 4 is 22.1 Å². The van der Waals surface area contributed by atoms with Gasteiger partial charge in [-0.1, -0.05) is 339 Å². The van der Waals surface area contributed by atoms with Gasteiger partial charge in [0.1, 0.15) is 23.1 Å². The zero-order valence-corrected chi connectivity index (χ0v) is 80.9. The molecule has 0 saturated carbocycles. The number of hydrogen-bond donors (Lipinski definition) is 2. The third kappa shape index (κ3) is 18.9. The molecular weight excluding hydrogens is 1920 g/mol. The molecule has 0 saturated heterocycles. The average molecular weight is 2050 g/mol. The standard InChI is InChI=1S/C63H62N3O.C55H54N3O.2Pt/c1-39-24-26-42(27-25-39)44-30-31-64-54(38-44)47-35-46(36-48(37-47)61(4,5)6)50-21-17-23-56-58(50)65-60(51-32-40(2)33-53(59(51)67)63(10,11)12)66(56)55-29-28-45(34-41(55)3)57-49(43-18-14-13-15-19-43)20-16-22-52(57)62(7,8)9;1-34(2)39-23-24-49(45(32-39)38-15-12-11-13-16-38)58-50-18-14-17-44(51(50)57-53(58)46-27-36(4)28-47(52(46)59)55(8,9)10)41-29-42(31-43(30-41)54(5,6)7)48-33-40(25-26-56-48)37-21-19-35(3)20-22-37;;/h13-34,36-38,67H,1-12H3;11-28,30-34,59H,1-10H3;;/q2*-1;;/i1D3,3D3;3D3,34D;;. The molecule has 0 fully saturated rings. The SMILES string of the molecule is [2H]C([2H])([2H])c1ccc(-c2ccnc(-c3[c-]c(-c4cccc5c4nc(-c4cc(C)cc(C(C)(C)C)c4O)n5-c4ccc(-c5c(-c6ccccc6)cccc5C(C)(C)C)cc4C([2H])([2H])[2H])cc(C(C)(C)C)c3)c2)cc1.[2H]C([2H])([2H])c1ccc(-c2ccnc(-c3[c-]c(-c4cccc5c4nc(-c4cc(C)cc(C(C)(C)C)c4O)n5-c4ccc(C([2H])(C)C)cc4-c4ccccc4)cc(C(C)(C)C)c3)c2)cc1.[Pt].[Pt]. The van der Waals surface area contributed by atoms with Crippen molar-refractivity contribution in [2.75, 3.05) is 0 Å². The van der Waals surface area contributed by atoms with Crippen molar-refractivity contribution in [2.45, 2.75) is 185 Å². The molecule has 0 atom stereocenters. The third-order valence-electron chi connectivity index (χ3n) is 23.9. The van der Waals surface area contributed by atoms with Crippen LogP contribution in [0.2, 0.25) is 0 Å². The Morgan fingerprint density at radius 3 is 1.18 bits per heavy atom. The summed E-state index contributed by atoms with van der Waals surface area (Å²) in [5, 5.41) is 24.6. The molecule has 4 aromatic heterocycles. The normalized spacial score (nSPS) is 13.5. The Balaban J connectivity index is 0.000000219. The van der Waals surface area contributed by atoms with Gasteiger partial charge in [-0.2, -0.15) is 0 Å². The van der Waals surface area contributed by atoms with Crippen LogP contribution in [0.3, 0.4) is 0 Å². The molecule has 0 radical (unpaired) electrons. The van der Waals surface area contributed by atoms with Crippen molar-refractivity contribution < 1.29 is 66.1 Å². The topological polar surface area (TPSA) is 102 Å². The van der Waals surface area contributed by atoms with Gasteiger partial charge in [-0.15, -0.1) is 58.7 Å². The number of hydrogen-bond acceptors (Lipinski definition) is 6. The molecular formula is C118H116N6O2Pt2-2. The summed E-state index contributed by atoms with van der Waals surface area (Å²) in [6, 6.07) is 96.8. The van der Waals surface area contributed by atoms with Gasteiger partial charge in [0.05, 0.1) is 44.6 Å².